The van der Waals surface area contributed by atoms with Gasteiger partial charge in [0.15, 0.2) is 0 Å². The van der Waals surface area contributed by atoms with Gasteiger partial charge in [0.05, 0.1) is 0 Å². The standard InChI is InChI=1S/C13H21NO3/c1-12(2)5-4-8-14(9-12)10(15)13(11(16)17)6-3-7-13/h3-9H2,1-2H3,(H,16,17). The summed E-state index contributed by atoms with van der Waals surface area (Å²) in [5, 5.41) is 9.27. The van der Waals surface area contributed by atoms with Crippen molar-refractivity contribution in [3.05, 3.63) is 0 Å². The van der Waals surface area contributed by atoms with Crippen LogP contribution < -0.4 is 0 Å². The third kappa shape index (κ3) is 2.05. The summed E-state index contributed by atoms with van der Waals surface area (Å²) in [5.74, 6) is -1.08. The minimum absolute atomic E-state index is 0.122. The second kappa shape index (κ2) is 4.00. The Balaban J connectivity index is 2.12. The van der Waals surface area contributed by atoms with Gasteiger partial charge in [-0.25, -0.2) is 0 Å². The Hall–Kier alpha value is -1.06. The number of hydrogen-bond acceptors (Lipinski definition) is 2. The summed E-state index contributed by atoms with van der Waals surface area (Å²) in [6.45, 7) is 5.69. The number of nitrogens with zero attached hydrogens (tertiary/aromatic N) is 1. The third-order valence-electron chi connectivity index (χ3n) is 4.21. The van der Waals surface area contributed by atoms with Crippen molar-refractivity contribution >= 4 is 11.9 Å². The highest BCUT2D eigenvalue weighted by Gasteiger charge is 2.53. The van der Waals surface area contributed by atoms with Crippen LogP contribution in [0.4, 0.5) is 0 Å². The number of carboxylic acid groups (broad SMARTS) is 1. The van der Waals surface area contributed by atoms with Gasteiger partial charge in [-0.15, -0.1) is 0 Å². The Bertz CT molecular complexity index is 345. The Morgan fingerprint density at radius 1 is 1.12 bits per heavy atom. The van der Waals surface area contributed by atoms with E-state index in [4.69, 9.17) is 0 Å². The zero-order valence-electron chi connectivity index (χ0n) is 10.7. The first-order chi connectivity index (χ1) is 7.87. The van der Waals surface area contributed by atoms with Crippen LogP contribution >= 0.6 is 0 Å². The second-order valence-corrected chi connectivity index (χ2v) is 6.24. The fourth-order valence-electron chi connectivity index (χ4n) is 2.95. The zero-order chi connectivity index (χ0) is 12.7. The SMILES string of the molecule is CC1(C)CCCN(C(=O)C2(C(=O)O)CCC2)C1. The van der Waals surface area contributed by atoms with Crippen molar-refractivity contribution in [2.24, 2.45) is 10.8 Å². The maximum atomic E-state index is 12.4. The van der Waals surface area contributed by atoms with Gasteiger partial charge in [0.1, 0.15) is 5.41 Å². The number of carbonyl (C=O) groups excluding carboxylic acids is 1. The molecule has 4 nitrogen and oxygen atoms in total. The number of carboxylic acids is 1. The van der Waals surface area contributed by atoms with Gasteiger partial charge >= 0.3 is 5.97 Å². The molecule has 17 heavy (non-hydrogen) atoms. The number of aliphatic carboxylic acids is 1. The van der Waals surface area contributed by atoms with E-state index >= 15 is 0 Å². The molecule has 0 atom stereocenters. The molecule has 0 aromatic heterocycles. The van der Waals surface area contributed by atoms with Crippen LogP contribution in [0.2, 0.25) is 0 Å². The van der Waals surface area contributed by atoms with Crippen molar-refractivity contribution in [2.45, 2.75) is 46.0 Å². The maximum absolute atomic E-state index is 12.4. The van der Waals surface area contributed by atoms with E-state index in [1.54, 1.807) is 4.90 Å². The van der Waals surface area contributed by atoms with E-state index in [1.165, 1.54) is 0 Å². The van der Waals surface area contributed by atoms with Crippen molar-refractivity contribution in [3.8, 4) is 0 Å². The number of likely N-dealkylation sites (tertiary alicyclic amines) is 1. The summed E-state index contributed by atoms with van der Waals surface area (Å²) in [6, 6.07) is 0. The molecule has 0 spiro atoms. The highest BCUT2D eigenvalue weighted by molar-refractivity contribution is 6.02. The maximum Gasteiger partial charge on any atom is 0.319 e. The van der Waals surface area contributed by atoms with Gasteiger partial charge in [-0.3, -0.25) is 9.59 Å². The van der Waals surface area contributed by atoms with E-state index < -0.39 is 11.4 Å². The van der Waals surface area contributed by atoms with Gasteiger partial charge in [-0.05, 0) is 31.1 Å². The van der Waals surface area contributed by atoms with Crippen molar-refractivity contribution < 1.29 is 14.7 Å². The molecule has 1 aliphatic carbocycles. The molecule has 0 aromatic carbocycles. The Morgan fingerprint density at radius 3 is 2.18 bits per heavy atom. The minimum Gasteiger partial charge on any atom is -0.480 e. The quantitative estimate of drug-likeness (QED) is 0.749. The molecule has 0 bridgehead atoms. The first-order valence-corrected chi connectivity index (χ1v) is 6.40. The number of hydrogen-bond donors (Lipinski definition) is 1. The van der Waals surface area contributed by atoms with Gasteiger partial charge in [0.2, 0.25) is 5.91 Å². The van der Waals surface area contributed by atoms with Crippen LogP contribution in [0.1, 0.15) is 46.0 Å². The van der Waals surface area contributed by atoms with Crippen molar-refractivity contribution in [1.82, 2.24) is 4.90 Å². The largest absolute Gasteiger partial charge is 0.480 e. The Kier molecular flexibility index (Phi) is 2.92. The normalized spacial score (nSPS) is 26.1. The fourth-order valence-corrected chi connectivity index (χ4v) is 2.95. The monoisotopic (exact) mass is 239 g/mol. The summed E-state index contributed by atoms with van der Waals surface area (Å²) >= 11 is 0. The molecular formula is C13H21NO3. The molecular weight excluding hydrogens is 218 g/mol. The van der Waals surface area contributed by atoms with Crippen molar-refractivity contribution in [1.29, 1.82) is 0 Å². The van der Waals surface area contributed by atoms with Gasteiger partial charge in [-0.1, -0.05) is 20.3 Å². The highest BCUT2D eigenvalue weighted by Crippen LogP contribution is 2.44. The van der Waals surface area contributed by atoms with Crippen LogP contribution in [-0.4, -0.2) is 35.0 Å². The number of piperidine rings is 1. The van der Waals surface area contributed by atoms with Crippen molar-refractivity contribution in [2.75, 3.05) is 13.1 Å². The van der Waals surface area contributed by atoms with Crippen LogP contribution in [0.3, 0.4) is 0 Å². The average molecular weight is 239 g/mol. The molecule has 0 unspecified atom stereocenters. The Labute approximate surface area is 102 Å². The molecule has 0 aromatic rings. The molecule has 1 N–H and O–H groups in total. The lowest BCUT2D eigenvalue weighted by Gasteiger charge is -2.44. The molecule has 96 valence electrons. The molecule has 1 heterocycles. The van der Waals surface area contributed by atoms with Crippen LogP contribution in [0.25, 0.3) is 0 Å². The zero-order valence-corrected chi connectivity index (χ0v) is 10.7. The van der Waals surface area contributed by atoms with Crippen LogP contribution in [-0.2, 0) is 9.59 Å². The van der Waals surface area contributed by atoms with Crippen LogP contribution in [0.5, 0.6) is 0 Å². The molecule has 2 fully saturated rings. The molecule has 2 aliphatic rings. The van der Waals surface area contributed by atoms with E-state index in [-0.39, 0.29) is 11.3 Å². The van der Waals surface area contributed by atoms with E-state index in [0.717, 1.165) is 25.8 Å². The second-order valence-electron chi connectivity index (χ2n) is 6.24. The van der Waals surface area contributed by atoms with E-state index in [0.29, 0.717) is 19.4 Å². The summed E-state index contributed by atoms with van der Waals surface area (Å²) in [7, 11) is 0. The highest BCUT2D eigenvalue weighted by atomic mass is 16.4. The number of carbonyl (C=O) groups is 2. The van der Waals surface area contributed by atoms with Crippen molar-refractivity contribution in [3.63, 3.8) is 0 Å². The molecule has 1 saturated carbocycles. The van der Waals surface area contributed by atoms with E-state index in [2.05, 4.69) is 13.8 Å². The number of amides is 1. The molecule has 1 amide bonds. The molecule has 1 saturated heterocycles. The van der Waals surface area contributed by atoms with E-state index in [1.807, 2.05) is 0 Å². The third-order valence-corrected chi connectivity index (χ3v) is 4.21. The molecule has 4 heteroatoms. The predicted octanol–water partition coefficient (Wildman–Crippen LogP) is 1.89. The average Bonchev–Trinajstić information content (AvgIpc) is 2.13. The summed E-state index contributed by atoms with van der Waals surface area (Å²) in [5.41, 5.74) is -0.967. The number of rotatable bonds is 2. The Morgan fingerprint density at radius 2 is 1.76 bits per heavy atom. The minimum atomic E-state index is -1.09. The van der Waals surface area contributed by atoms with E-state index in [9.17, 15) is 14.7 Å². The summed E-state index contributed by atoms with van der Waals surface area (Å²) in [6.07, 6.45) is 3.97. The summed E-state index contributed by atoms with van der Waals surface area (Å²) < 4.78 is 0. The molecule has 2 rings (SSSR count). The lowest BCUT2D eigenvalue weighted by molar-refractivity contribution is -0.169. The predicted molar refractivity (Wildman–Crippen MR) is 63.5 cm³/mol. The first kappa shape index (κ1) is 12.4. The van der Waals surface area contributed by atoms with Gasteiger partial charge in [-0.2, -0.15) is 0 Å². The van der Waals surface area contributed by atoms with Crippen LogP contribution in [0.15, 0.2) is 0 Å². The summed E-state index contributed by atoms with van der Waals surface area (Å²) in [4.78, 5) is 25.5. The first-order valence-electron chi connectivity index (χ1n) is 6.40. The van der Waals surface area contributed by atoms with Gasteiger partial charge in [0.25, 0.3) is 0 Å². The lowest BCUT2D eigenvalue weighted by Crippen LogP contribution is -2.55. The smallest absolute Gasteiger partial charge is 0.319 e. The topological polar surface area (TPSA) is 57.6 Å². The van der Waals surface area contributed by atoms with Crippen LogP contribution in [0, 0.1) is 10.8 Å². The lowest BCUT2D eigenvalue weighted by atomic mass is 9.67. The molecule has 1 aliphatic heterocycles. The van der Waals surface area contributed by atoms with Gasteiger partial charge in [0, 0.05) is 13.1 Å². The molecule has 0 radical (unpaired) electrons. The fraction of sp³-hybridized carbons (Fsp3) is 0.846. The van der Waals surface area contributed by atoms with Gasteiger partial charge < -0.3 is 10.0 Å².